The zero-order valence-electron chi connectivity index (χ0n) is 16.1. The van der Waals surface area contributed by atoms with E-state index in [9.17, 15) is 18.0 Å². The molecular formula is C19H22N4O4S. The maximum absolute atomic E-state index is 12.8. The Morgan fingerprint density at radius 2 is 1.96 bits per heavy atom. The van der Waals surface area contributed by atoms with Gasteiger partial charge >= 0.3 is 0 Å². The van der Waals surface area contributed by atoms with Crippen molar-refractivity contribution >= 4 is 27.5 Å². The van der Waals surface area contributed by atoms with E-state index in [-0.39, 0.29) is 28.6 Å². The molecule has 0 spiro atoms. The van der Waals surface area contributed by atoms with E-state index in [1.807, 2.05) is 19.9 Å². The van der Waals surface area contributed by atoms with E-state index in [0.29, 0.717) is 16.5 Å². The lowest BCUT2D eigenvalue weighted by molar-refractivity contribution is 0.0952. The first kappa shape index (κ1) is 19.8. The average molecular weight is 402 g/mol. The highest BCUT2D eigenvalue weighted by atomic mass is 32.2. The molecule has 2 heterocycles. The summed E-state index contributed by atoms with van der Waals surface area (Å²) in [4.78, 5) is 27.7. The molecule has 0 radical (unpaired) electrons. The van der Waals surface area contributed by atoms with Crippen LogP contribution in [0.4, 0.5) is 0 Å². The Morgan fingerprint density at radius 3 is 2.57 bits per heavy atom. The normalized spacial score (nSPS) is 11.5. The van der Waals surface area contributed by atoms with Crippen LogP contribution >= 0.6 is 0 Å². The number of fused-ring (bicyclic) bond motifs is 1. The third-order valence-corrected chi connectivity index (χ3v) is 5.24. The first-order valence-corrected chi connectivity index (χ1v) is 10.00. The zero-order chi connectivity index (χ0) is 20.6. The smallest absolute Gasteiger partial charge is 0.253 e. The van der Waals surface area contributed by atoms with E-state index in [0.717, 1.165) is 11.3 Å². The van der Waals surface area contributed by atoms with Crippen LogP contribution in [-0.4, -0.2) is 29.1 Å². The summed E-state index contributed by atoms with van der Waals surface area (Å²) in [6.45, 7) is 7.46. The Morgan fingerprint density at radius 1 is 1.25 bits per heavy atom. The van der Waals surface area contributed by atoms with Crippen LogP contribution in [0.25, 0.3) is 10.9 Å². The number of carbonyl (C=O) groups excluding carboxylic acids is 1. The number of hydrogen-bond donors (Lipinski definition) is 3. The number of nitrogens with one attached hydrogen (secondary N) is 2. The molecule has 0 fully saturated rings. The molecule has 3 rings (SSSR count). The first-order valence-electron chi connectivity index (χ1n) is 8.82. The average Bonchev–Trinajstić information content (AvgIpc) is 3.03. The molecule has 0 atom stereocenters. The van der Waals surface area contributed by atoms with Crippen molar-refractivity contribution in [1.82, 2.24) is 20.1 Å². The lowest BCUT2D eigenvalue weighted by Gasteiger charge is -2.11. The Labute approximate surface area is 163 Å². The molecule has 0 aliphatic rings. The van der Waals surface area contributed by atoms with Gasteiger partial charge in [-0.1, -0.05) is 0 Å². The molecular weight excluding hydrogens is 380 g/mol. The van der Waals surface area contributed by atoms with Crippen molar-refractivity contribution in [3.05, 3.63) is 57.1 Å². The molecule has 0 aliphatic heterocycles. The van der Waals surface area contributed by atoms with Crippen molar-refractivity contribution in [2.75, 3.05) is 0 Å². The first-order chi connectivity index (χ1) is 13.2. The molecule has 148 valence electrons. The number of carbonyl (C=O) groups is 1. The lowest BCUT2D eigenvalue weighted by Crippen LogP contribution is -2.28. The quantitative estimate of drug-likeness (QED) is 0.563. The van der Waals surface area contributed by atoms with Gasteiger partial charge in [-0.15, -0.1) is 0 Å². The highest BCUT2D eigenvalue weighted by molar-refractivity contribution is 7.72. The summed E-state index contributed by atoms with van der Waals surface area (Å²) in [6.07, 6.45) is 1.55. The Balaban J connectivity index is 2.01. The molecule has 3 aromatic rings. The zero-order valence-corrected chi connectivity index (χ0v) is 17.0. The van der Waals surface area contributed by atoms with Crippen molar-refractivity contribution in [1.29, 1.82) is 0 Å². The molecule has 1 aromatic carbocycles. The number of benzene rings is 1. The topological polar surface area (TPSA) is 114 Å². The summed E-state index contributed by atoms with van der Waals surface area (Å²) in [6, 6.07) is 4.68. The van der Waals surface area contributed by atoms with E-state index in [1.54, 1.807) is 24.7 Å². The number of thiol groups is 1. The van der Waals surface area contributed by atoms with Crippen molar-refractivity contribution in [3.8, 4) is 0 Å². The van der Waals surface area contributed by atoms with Crippen molar-refractivity contribution in [2.24, 2.45) is 0 Å². The van der Waals surface area contributed by atoms with Gasteiger partial charge in [-0.2, -0.15) is 5.10 Å². The molecule has 0 unspecified atom stereocenters. The fourth-order valence-corrected chi connectivity index (χ4v) is 3.66. The van der Waals surface area contributed by atoms with Gasteiger partial charge in [0.2, 0.25) is 0 Å². The fourth-order valence-electron chi connectivity index (χ4n) is 3.20. The predicted octanol–water partition coefficient (Wildman–Crippen LogP) is 1.82. The van der Waals surface area contributed by atoms with Gasteiger partial charge < -0.3 is 10.3 Å². The van der Waals surface area contributed by atoms with Gasteiger partial charge in [0.25, 0.3) is 11.5 Å². The molecule has 1 amide bonds. The van der Waals surface area contributed by atoms with Gasteiger partial charge in [-0.05, 0) is 51.5 Å². The number of H-pyrrole nitrogens is 1. The van der Waals surface area contributed by atoms with E-state index in [2.05, 4.69) is 15.4 Å². The third-order valence-electron chi connectivity index (χ3n) is 4.57. The van der Waals surface area contributed by atoms with Crippen molar-refractivity contribution in [2.45, 2.75) is 45.2 Å². The molecule has 2 aromatic heterocycles. The fraction of sp³-hybridized carbons (Fsp3) is 0.316. The number of nitrogens with zero attached hydrogens (tertiary/aromatic N) is 2. The van der Waals surface area contributed by atoms with E-state index >= 15 is 0 Å². The van der Waals surface area contributed by atoms with E-state index in [1.165, 1.54) is 12.1 Å². The van der Waals surface area contributed by atoms with Crippen LogP contribution < -0.4 is 10.9 Å². The minimum absolute atomic E-state index is 0.00181. The van der Waals surface area contributed by atoms with Crippen LogP contribution in [0.1, 0.15) is 47.1 Å². The Kier molecular flexibility index (Phi) is 5.37. The third kappa shape index (κ3) is 3.70. The molecule has 28 heavy (non-hydrogen) atoms. The van der Waals surface area contributed by atoms with Crippen LogP contribution in [0.2, 0.25) is 0 Å². The molecule has 0 aliphatic carbocycles. The minimum atomic E-state index is -2.87. The molecule has 8 nitrogen and oxygen atoms in total. The molecule has 0 saturated carbocycles. The standard InChI is InChI=1S/C19H22N4O4S/c1-10(2)23-17-7-13(28(26)27)6-14(16(17)9-21-23)18(24)20-8-15-11(3)5-12(4)22-19(15)25/h5-7,9-10,28H,8H2,1-4H3,(H,20,24)(H,22,25). The summed E-state index contributed by atoms with van der Waals surface area (Å²) >= 11 is 0. The number of rotatable bonds is 5. The van der Waals surface area contributed by atoms with Crippen LogP contribution in [0, 0.1) is 13.8 Å². The second-order valence-corrected chi connectivity index (χ2v) is 8.02. The van der Waals surface area contributed by atoms with E-state index < -0.39 is 16.6 Å². The largest absolute Gasteiger partial charge is 0.348 e. The number of pyridine rings is 1. The summed E-state index contributed by atoms with van der Waals surface area (Å²) < 4.78 is 24.8. The molecule has 0 saturated heterocycles. The summed E-state index contributed by atoms with van der Waals surface area (Å²) in [5.41, 5.74) is 2.50. The predicted molar refractivity (Wildman–Crippen MR) is 106 cm³/mol. The van der Waals surface area contributed by atoms with Gasteiger partial charge in [0.15, 0.2) is 10.7 Å². The summed E-state index contributed by atoms with van der Waals surface area (Å²) in [5, 5.41) is 7.56. The van der Waals surface area contributed by atoms with Gasteiger partial charge in [0.05, 0.1) is 22.2 Å². The summed E-state index contributed by atoms with van der Waals surface area (Å²) in [7, 11) is -2.87. The second kappa shape index (κ2) is 7.59. The highest BCUT2D eigenvalue weighted by Crippen LogP contribution is 2.24. The second-order valence-electron chi connectivity index (χ2n) is 6.99. The Hall–Kier alpha value is -2.94. The maximum Gasteiger partial charge on any atom is 0.253 e. The Bertz CT molecular complexity index is 1200. The monoisotopic (exact) mass is 402 g/mol. The van der Waals surface area contributed by atoms with Crippen LogP contribution in [0.15, 0.2) is 34.1 Å². The molecule has 2 N–H and O–H groups in total. The van der Waals surface area contributed by atoms with Gasteiger partial charge in [-0.25, -0.2) is 8.42 Å². The number of hydrogen-bond acceptors (Lipinski definition) is 5. The van der Waals surface area contributed by atoms with Crippen molar-refractivity contribution in [3.63, 3.8) is 0 Å². The van der Waals surface area contributed by atoms with Gasteiger partial charge in [-0.3, -0.25) is 14.3 Å². The lowest BCUT2D eigenvalue weighted by atomic mass is 10.1. The van der Waals surface area contributed by atoms with Crippen molar-refractivity contribution < 1.29 is 13.2 Å². The van der Waals surface area contributed by atoms with Crippen LogP contribution in [0.3, 0.4) is 0 Å². The maximum atomic E-state index is 12.8. The number of aromatic nitrogens is 3. The molecule has 9 heteroatoms. The van der Waals surface area contributed by atoms with Gasteiger partial charge in [0, 0.05) is 29.2 Å². The molecule has 0 bridgehead atoms. The summed E-state index contributed by atoms with van der Waals surface area (Å²) in [5.74, 6) is -0.466. The minimum Gasteiger partial charge on any atom is -0.348 e. The van der Waals surface area contributed by atoms with Gasteiger partial charge in [0.1, 0.15) is 0 Å². The number of aryl methyl sites for hydroxylation is 2. The van der Waals surface area contributed by atoms with Crippen LogP contribution in [0.5, 0.6) is 0 Å². The highest BCUT2D eigenvalue weighted by Gasteiger charge is 2.18. The number of aromatic amines is 1. The number of amides is 1. The van der Waals surface area contributed by atoms with E-state index in [4.69, 9.17) is 0 Å². The van der Waals surface area contributed by atoms with Crippen LogP contribution in [-0.2, 0) is 17.2 Å². The SMILES string of the molecule is Cc1cc(C)c(CNC(=O)c2cc([SH](=O)=O)cc3c2cnn3C(C)C)c(=O)[nH]1.